The fourth-order valence-corrected chi connectivity index (χ4v) is 7.72. The van der Waals surface area contributed by atoms with Gasteiger partial charge in [0, 0.05) is 61.5 Å². The summed E-state index contributed by atoms with van der Waals surface area (Å²) in [5, 5.41) is 8.51. The number of fused-ring (bicyclic) bond motifs is 2. The summed E-state index contributed by atoms with van der Waals surface area (Å²) >= 11 is 0. The minimum Gasteiger partial charge on any atom is -0.446 e. The van der Waals surface area contributed by atoms with Gasteiger partial charge >= 0.3 is 6.09 Å². The Hall–Kier alpha value is -4.04. The summed E-state index contributed by atoms with van der Waals surface area (Å²) in [4.78, 5) is 51.5. The minimum atomic E-state index is -0.343. The normalized spacial score (nSPS) is 15.2. The lowest BCUT2D eigenvalue weighted by molar-refractivity contribution is -0.125. The first-order chi connectivity index (χ1) is 28.5. The summed E-state index contributed by atoms with van der Waals surface area (Å²) in [6.45, 7) is 4.88. The highest BCUT2D eigenvalue weighted by Gasteiger charge is 2.22. The number of allylic oxidation sites excluding steroid dienone is 2. The van der Waals surface area contributed by atoms with Crippen molar-refractivity contribution in [2.75, 3.05) is 88.9 Å². The number of carbonyl (C=O) groups excluding carboxylic acids is 4. The first kappa shape index (κ1) is 46.6. The fourth-order valence-electron chi connectivity index (χ4n) is 5.91. The Morgan fingerprint density at radius 2 is 1.24 bits per heavy atom. The molecular weight excluding hydrogens is 781 g/mol. The van der Waals surface area contributed by atoms with Crippen molar-refractivity contribution in [2.45, 2.75) is 64.0 Å². The highest BCUT2D eigenvalue weighted by Crippen LogP contribution is 2.26. The lowest BCUT2D eigenvalue weighted by atomic mass is 10.0. The highest BCUT2D eigenvalue weighted by atomic mass is 33.1. The second kappa shape index (κ2) is 29.2. The van der Waals surface area contributed by atoms with E-state index >= 15 is 0 Å². The highest BCUT2D eigenvalue weighted by molar-refractivity contribution is 8.76. The van der Waals surface area contributed by atoms with Crippen LogP contribution in [-0.4, -0.2) is 114 Å². The van der Waals surface area contributed by atoms with Gasteiger partial charge in [-0.2, -0.15) is 0 Å². The van der Waals surface area contributed by atoms with Crippen molar-refractivity contribution < 1.29 is 42.9 Å². The van der Waals surface area contributed by atoms with Gasteiger partial charge in [-0.15, -0.1) is 0 Å². The number of alkyl carbamates (subject to hydrolysis) is 1. The number of nitrogens with one attached hydrogen (secondary N) is 3. The number of hydrogen-bond acceptors (Lipinski definition) is 11. The first-order valence-electron chi connectivity index (χ1n) is 20.2. The quantitative estimate of drug-likeness (QED) is 0.0484. The molecule has 0 radical (unpaired) electrons. The molecule has 0 saturated carbocycles. The average molecular weight is 839 g/mol. The van der Waals surface area contributed by atoms with Gasteiger partial charge in [0.2, 0.25) is 17.7 Å². The summed E-state index contributed by atoms with van der Waals surface area (Å²) < 4.78 is 27.6. The van der Waals surface area contributed by atoms with E-state index in [0.717, 1.165) is 66.0 Å². The SMILES string of the molecule is O=C(CCOCCOCCOCCOCCNC(=O)CCC(=O)N1Cc2ccccc2C#Cc2ccccc21)NCCSSCCNC(=O)O[C@@H]1CC/C=C/CCC1. The molecule has 0 saturated heterocycles. The number of nitrogens with zero attached hydrogens (tertiary/aromatic N) is 1. The number of amides is 4. The van der Waals surface area contributed by atoms with Crippen LogP contribution < -0.4 is 20.9 Å². The fraction of sp³-hybridized carbons (Fsp3) is 0.535. The van der Waals surface area contributed by atoms with Crippen LogP contribution in [0.25, 0.3) is 0 Å². The molecule has 0 unspecified atom stereocenters. The maximum atomic E-state index is 13.3. The monoisotopic (exact) mass is 838 g/mol. The van der Waals surface area contributed by atoms with Crippen LogP contribution in [0.15, 0.2) is 60.7 Å². The van der Waals surface area contributed by atoms with Gasteiger partial charge in [0.25, 0.3) is 0 Å². The van der Waals surface area contributed by atoms with Gasteiger partial charge in [-0.05, 0) is 55.9 Å². The van der Waals surface area contributed by atoms with E-state index in [1.54, 1.807) is 26.5 Å². The van der Waals surface area contributed by atoms with E-state index in [0.29, 0.717) is 79.0 Å². The maximum absolute atomic E-state index is 13.3. The Labute approximate surface area is 350 Å². The molecule has 0 bridgehead atoms. The molecule has 0 spiro atoms. The number of carbonyl (C=O) groups is 4. The molecule has 15 heteroatoms. The first-order valence-corrected chi connectivity index (χ1v) is 22.7. The van der Waals surface area contributed by atoms with Crippen LogP contribution in [0.4, 0.5) is 10.5 Å². The van der Waals surface area contributed by atoms with Gasteiger partial charge in [0.05, 0.1) is 65.1 Å². The number of para-hydroxylation sites is 1. The lowest BCUT2D eigenvalue weighted by Gasteiger charge is -2.26. The molecule has 1 aliphatic carbocycles. The van der Waals surface area contributed by atoms with Crippen LogP contribution in [0.5, 0.6) is 0 Å². The molecule has 2 aromatic rings. The Kier molecular flexibility index (Phi) is 23.5. The smallest absolute Gasteiger partial charge is 0.407 e. The van der Waals surface area contributed by atoms with Gasteiger partial charge in [-0.1, -0.05) is 75.9 Å². The third-order valence-electron chi connectivity index (χ3n) is 8.94. The minimum absolute atomic E-state index is 0.00328. The summed E-state index contributed by atoms with van der Waals surface area (Å²) in [5.41, 5.74) is 3.39. The summed E-state index contributed by atoms with van der Waals surface area (Å²) in [6, 6.07) is 15.4. The van der Waals surface area contributed by atoms with Crippen molar-refractivity contribution in [3.8, 4) is 11.8 Å². The zero-order valence-electron chi connectivity index (χ0n) is 33.3. The average Bonchev–Trinajstić information content (AvgIpc) is 3.21. The number of ether oxygens (including phenoxy) is 5. The van der Waals surface area contributed by atoms with E-state index in [1.165, 1.54) is 0 Å². The molecule has 1 heterocycles. The van der Waals surface area contributed by atoms with E-state index < -0.39 is 0 Å². The molecule has 3 N–H and O–H groups in total. The van der Waals surface area contributed by atoms with Gasteiger partial charge in [0.15, 0.2) is 0 Å². The Morgan fingerprint density at radius 3 is 2.02 bits per heavy atom. The van der Waals surface area contributed by atoms with Crippen LogP contribution in [0, 0.1) is 11.8 Å². The zero-order valence-corrected chi connectivity index (χ0v) is 35.0. The number of rotatable bonds is 26. The predicted octanol–water partition coefficient (Wildman–Crippen LogP) is 5.40. The van der Waals surface area contributed by atoms with Gasteiger partial charge in [0.1, 0.15) is 6.10 Å². The summed E-state index contributed by atoms with van der Waals surface area (Å²) in [7, 11) is 3.30. The second-order valence-electron chi connectivity index (χ2n) is 13.4. The summed E-state index contributed by atoms with van der Waals surface area (Å²) in [6.07, 6.45) is 9.29. The van der Waals surface area contributed by atoms with Crippen LogP contribution in [0.1, 0.15) is 68.1 Å². The van der Waals surface area contributed by atoms with E-state index in [4.69, 9.17) is 23.7 Å². The van der Waals surface area contributed by atoms with E-state index in [1.807, 2.05) is 48.5 Å². The summed E-state index contributed by atoms with van der Waals surface area (Å²) in [5.74, 6) is 7.53. The Morgan fingerprint density at radius 1 is 0.638 bits per heavy atom. The van der Waals surface area contributed by atoms with Crippen LogP contribution >= 0.6 is 21.6 Å². The molecule has 0 fully saturated rings. The lowest BCUT2D eigenvalue weighted by Crippen LogP contribution is -2.34. The third-order valence-corrected chi connectivity index (χ3v) is 11.3. The van der Waals surface area contributed by atoms with Gasteiger partial charge in [-0.25, -0.2) is 4.79 Å². The van der Waals surface area contributed by atoms with E-state index in [9.17, 15) is 19.2 Å². The Bertz CT molecular complexity index is 1650. The van der Waals surface area contributed by atoms with Crippen LogP contribution in [0.2, 0.25) is 0 Å². The van der Waals surface area contributed by atoms with Gasteiger partial charge in [-0.3, -0.25) is 14.4 Å². The number of anilines is 1. The topological polar surface area (TPSA) is 154 Å². The van der Waals surface area contributed by atoms with Crippen LogP contribution in [0.3, 0.4) is 0 Å². The van der Waals surface area contributed by atoms with Crippen molar-refractivity contribution in [1.29, 1.82) is 0 Å². The van der Waals surface area contributed by atoms with Crippen LogP contribution in [-0.2, 0) is 44.6 Å². The molecule has 13 nitrogen and oxygen atoms in total. The van der Waals surface area contributed by atoms with Gasteiger partial charge < -0.3 is 44.5 Å². The molecule has 1 aliphatic heterocycles. The van der Waals surface area contributed by atoms with E-state index in [2.05, 4.69) is 39.9 Å². The molecule has 4 amide bonds. The molecular formula is C43H58N4O9S2. The molecule has 2 aromatic carbocycles. The maximum Gasteiger partial charge on any atom is 0.407 e. The predicted molar refractivity (Wildman–Crippen MR) is 229 cm³/mol. The van der Waals surface area contributed by atoms with Crippen molar-refractivity contribution in [2.24, 2.45) is 0 Å². The molecule has 0 aromatic heterocycles. The van der Waals surface area contributed by atoms with E-state index in [-0.39, 0.29) is 49.2 Å². The second-order valence-corrected chi connectivity index (χ2v) is 16.1. The number of hydrogen-bond donors (Lipinski definition) is 3. The largest absolute Gasteiger partial charge is 0.446 e. The molecule has 1 atom stereocenters. The molecule has 58 heavy (non-hydrogen) atoms. The standard InChI is InChI=1S/C43H58N4O9S2/c48-40(18-19-42(50)47-34-37-12-7-6-10-35(37)16-17-36-11-8-9-15-39(36)47)44-21-25-53-27-29-55-31-30-54-28-26-52-24-20-41(49)45-22-32-57-58-33-23-46-43(51)56-38-13-4-2-1-3-5-14-38/h1-2,6-12,15,38H,3-5,13-14,18-34H2,(H,44,48)(H,45,49)(H,46,51)/b2-1+/t38-/m1/s1. The molecule has 4 rings (SSSR count). The van der Waals surface area contributed by atoms with Crippen molar-refractivity contribution in [3.05, 3.63) is 77.4 Å². The number of benzene rings is 2. The van der Waals surface area contributed by atoms with Crippen molar-refractivity contribution in [3.63, 3.8) is 0 Å². The van der Waals surface area contributed by atoms with Crippen molar-refractivity contribution in [1.82, 2.24) is 16.0 Å². The molecule has 316 valence electrons. The molecule has 2 aliphatic rings. The third kappa shape index (κ3) is 19.6. The van der Waals surface area contributed by atoms with Crippen molar-refractivity contribution >= 4 is 51.1 Å². The zero-order chi connectivity index (χ0) is 40.9. The Balaban J connectivity index is 0.875.